The quantitative estimate of drug-likeness (QED) is 0.606. The van der Waals surface area contributed by atoms with Crippen LogP contribution in [0.15, 0.2) is 4.74 Å². The zero-order valence-electron chi connectivity index (χ0n) is 6.80. The molecule has 0 amide bonds. The lowest BCUT2D eigenvalue weighted by Crippen LogP contribution is -2.08. The number of nitrogens with one attached hydrogen (secondary N) is 1. The lowest BCUT2D eigenvalue weighted by atomic mass is 10.5. The van der Waals surface area contributed by atoms with Gasteiger partial charge in [0.25, 0.3) is 0 Å². The summed E-state index contributed by atoms with van der Waals surface area (Å²) in [4.78, 5) is 0. The zero-order chi connectivity index (χ0) is 7.82. The van der Waals surface area contributed by atoms with Gasteiger partial charge in [0.1, 0.15) is 0 Å². The molecule has 10 heavy (non-hydrogen) atoms. The van der Waals surface area contributed by atoms with Crippen molar-refractivity contribution in [2.45, 2.75) is 26.7 Å². The highest BCUT2D eigenvalue weighted by molar-refractivity contribution is 7.42. The Bertz CT molecular complexity index is 103. The van der Waals surface area contributed by atoms with Gasteiger partial charge in [0.05, 0.1) is 6.54 Å². The Morgan fingerprint density at radius 3 is 2.60 bits per heavy atom. The van der Waals surface area contributed by atoms with Crippen molar-refractivity contribution in [3.63, 3.8) is 0 Å². The summed E-state index contributed by atoms with van der Waals surface area (Å²) in [6, 6.07) is 0. The van der Waals surface area contributed by atoms with E-state index < -0.39 is 8.01 Å². The van der Waals surface area contributed by atoms with Gasteiger partial charge in [0.15, 0.2) is 0 Å². The second-order valence-corrected chi connectivity index (χ2v) is 3.41. The van der Waals surface area contributed by atoms with Gasteiger partial charge in [0.2, 0.25) is 0 Å². The Morgan fingerprint density at radius 2 is 2.10 bits per heavy atom. The molecule has 0 saturated heterocycles. The first-order valence-electron chi connectivity index (χ1n) is 3.77. The molecule has 4 heteroatoms. The molecule has 3 N–H and O–H groups in total. The van der Waals surface area contributed by atoms with Crippen molar-refractivity contribution in [1.82, 2.24) is 5.09 Å². The molecule has 0 aliphatic rings. The number of rotatable bonds is 5. The first-order valence-corrected chi connectivity index (χ1v) is 5.13. The summed E-state index contributed by atoms with van der Waals surface area (Å²) in [5.74, 6) is 0. The largest absolute Gasteiger partial charge is 0.390 e. The van der Waals surface area contributed by atoms with Crippen molar-refractivity contribution in [2.75, 3.05) is 13.1 Å². The molecule has 0 aromatic rings. The summed E-state index contributed by atoms with van der Waals surface area (Å²) in [6.45, 7) is 6.09. The second kappa shape index (κ2) is 7.13. The van der Waals surface area contributed by atoms with Gasteiger partial charge in [-0.05, 0) is 12.8 Å². The molecule has 0 saturated carbocycles. The van der Waals surface area contributed by atoms with Gasteiger partial charge in [-0.15, -0.1) is 10.6 Å². The van der Waals surface area contributed by atoms with Crippen LogP contribution >= 0.6 is 8.01 Å². The van der Waals surface area contributed by atoms with Crippen molar-refractivity contribution in [3.8, 4) is 0 Å². The summed E-state index contributed by atoms with van der Waals surface area (Å²) in [7, 11) is -0.717. The van der Waals surface area contributed by atoms with Crippen LogP contribution in [0.2, 0.25) is 0 Å². The Labute approximate surface area is 64.0 Å². The molecule has 0 bridgehead atoms. The first-order chi connectivity index (χ1) is 4.81. The van der Waals surface area contributed by atoms with E-state index in [0.29, 0.717) is 0 Å². The van der Waals surface area contributed by atoms with Gasteiger partial charge in [-0.25, -0.2) is 0 Å². The zero-order valence-corrected chi connectivity index (χ0v) is 7.69. The third-order valence-corrected chi connectivity index (χ3v) is 2.05. The van der Waals surface area contributed by atoms with Crippen LogP contribution in [0.25, 0.3) is 0 Å². The molecule has 1 atom stereocenters. The molecule has 0 radical (unpaired) electrons. The Morgan fingerprint density at radius 1 is 1.40 bits per heavy atom. The smallest absolute Gasteiger partial charge is 0.121 e. The van der Waals surface area contributed by atoms with E-state index in [2.05, 4.69) is 23.7 Å². The molecular weight excluding hydrogens is 145 g/mol. The first kappa shape index (κ1) is 10.0. The van der Waals surface area contributed by atoms with Crippen LogP contribution < -0.4 is 10.6 Å². The lowest BCUT2D eigenvalue weighted by Gasteiger charge is -1.87. The van der Waals surface area contributed by atoms with Crippen molar-refractivity contribution in [2.24, 2.45) is 10.2 Å². The molecular formula is C6H17N3P+. The van der Waals surface area contributed by atoms with E-state index in [1.54, 1.807) is 0 Å². The minimum absolute atomic E-state index is 0.717. The second-order valence-electron chi connectivity index (χ2n) is 2.12. The number of hydrogen-bond acceptors (Lipinski definition) is 1. The maximum absolute atomic E-state index is 5.63. The van der Waals surface area contributed by atoms with E-state index >= 15 is 0 Å². The van der Waals surface area contributed by atoms with Crippen LogP contribution in [0.4, 0.5) is 0 Å². The predicted molar refractivity (Wildman–Crippen MR) is 47.0 cm³/mol. The maximum atomic E-state index is 5.63. The van der Waals surface area contributed by atoms with Gasteiger partial charge in [-0.1, -0.05) is 18.6 Å². The molecule has 0 aromatic carbocycles. The Balaban J connectivity index is 3.30. The van der Waals surface area contributed by atoms with E-state index in [0.717, 1.165) is 25.9 Å². The number of hydrogen-bond donors (Lipinski definition) is 2. The third-order valence-electron chi connectivity index (χ3n) is 1.000. The number of nitrogens with zero attached hydrogens (tertiary/aromatic N) is 1. The highest BCUT2D eigenvalue weighted by Crippen LogP contribution is 2.07. The molecule has 0 aromatic heterocycles. The van der Waals surface area contributed by atoms with Crippen LogP contribution in [0.1, 0.15) is 26.7 Å². The van der Waals surface area contributed by atoms with Crippen molar-refractivity contribution >= 4 is 8.01 Å². The van der Waals surface area contributed by atoms with E-state index in [9.17, 15) is 0 Å². The van der Waals surface area contributed by atoms with Crippen LogP contribution in [-0.2, 0) is 0 Å². The van der Waals surface area contributed by atoms with Gasteiger partial charge in [-0.3, -0.25) is 0 Å². The average Bonchev–Trinajstić information content (AvgIpc) is 1.97. The molecule has 0 rings (SSSR count). The molecule has 0 aliphatic heterocycles. The topological polar surface area (TPSA) is 50.4 Å². The van der Waals surface area contributed by atoms with Crippen molar-refractivity contribution in [1.29, 1.82) is 0 Å². The van der Waals surface area contributed by atoms with Crippen molar-refractivity contribution in [3.05, 3.63) is 0 Å². The maximum Gasteiger partial charge on any atom is 0.390 e. The van der Waals surface area contributed by atoms with Crippen LogP contribution in [-0.4, -0.2) is 13.1 Å². The van der Waals surface area contributed by atoms with Gasteiger partial charge < -0.3 is 0 Å². The summed E-state index contributed by atoms with van der Waals surface area (Å²) >= 11 is 0. The number of nitrogens with two attached hydrogens (primary N) is 1. The van der Waals surface area contributed by atoms with Crippen LogP contribution in [0.5, 0.6) is 0 Å². The SMILES string of the molecule is CCCN=[P+](N)NCCC. The fourth-order valence-electron chi connectivity index (χ4n) is 0.484. The molecule has 0 spiro atoms. The van der Waals surface area contributed by atoms with Gasteiger partial charge >= 0.3 is 8.01 Å². The fourth-order valence-corrected chi connectivity index (χ4v) is 1.45. The van der Waals surface area contributed by atoms with E-state index in [-0.39, 0.29) is 0 Å². The minimum Gasteiger partial charge on any atom is -0.121 e. The van der Waals surface area contributed by atoms with Gasteiger partial charge in [-0.2, -0.15) is 0 Å². The van der Waals surface area contributed by atoms with Crippen molar-refractivity contribution < 1.29 is 0 Å². The van der Waals surface area contributed by atoms with Gasteiger partial charge in [0, 0.05) is 6.54 Å². The summed E-state index contributed by atoms with van der Waals surface area (Å²) in [5.41, 5.74) is 5.63. The standard InChI is InChI=1S/C6H17N3P/c1-3-5-8-10(7)9-6-4-2/h3-6H2,1-2H3,(H3,7,8,9)/q+1. The summed E-state index contributed by atoms with van der Waals surface area (Å²) in [6.07, 6.45) is 2.21. The fraction of sp³-hybridized carbons (Fsp3) is 1.00. The van der Waals surface area contributed by atoms with Crippen LogP contribution in [0.3, 0.4) is 0 Å². The third kappa shape index (κ3) is 6.14. The highest BCUT2D eigenvalue weighted by atomic mass is 31.1. The normalized spacial score (nSPS) is 12.1. The molecule has 0 aliphatic carbocycles. The van der Waals surface area contributed by atoms with E-state index in [1.165, 1.54) is 0 Å². The summed E-state index contributed by atoms with van der Waals surface area (Å²) < 4.78 is 4.21. The molecule has 60 valence electrons. The lowest BCUT2D eigenvalue weighted by molar-refractivity contribution is 0.861. The molecule has 0 heterocycles. The van der Waals surface area contributed by atoms with Crippen LogP contribution in [0, 0.1) is 0 Å². The summed E-state index contributed by atoms with van der Waals surface area (Å²) in [5, 5.41) is 3.14. The monoisotopic (exact) mass is 162 g/mol. The molecule has 1 unspecified atom stereocenters. The molecule has 3 nitrogen and oxygen atoms in total. The van der Waals surface area contributed by atoms with E-state index in [1.807, 2.05) is 0 Å². The van der Waals surface area contributed by atoms with E-state index in [4.69, 9.17) is 5.50 Å². The minimum atomic E-state index is -0.717. The Hall–Kier alpha value is 0.0200. The highest BCUT2D eigenvalue weighted by Gasteiger charge is 2.00. The molecule has 0 fully saturated rings. The predicted octanol–water partition coefficient (Wildman–Crippen LogP) is 1.85. The Kier molecular flexibility index (Phi) is 7.15. The average molecular weight is 162 g/mol.